The van der Waals surface area contributed by atoms with Gasteiger partial charge in [-0.05, 0) is 65.3 Å². The Morgan fingerprint density at radius 3 is 1.93 bits per heavy atom. The van der Waals surface area contributed by atoms with Crippen molar-refractivity contribution < 1.29 is 29.1 Å². The van der Waals surface area contributed by atoms with Crippen LogP contribution in [-0.2, 0) is 24.0 Å². The highest BCUT2D eigenvalue weighted by atomic mass is 16.4. The fraction of sp³-hybridized carbons (Fsp3) is 0.708. The molecule has 0 bridgehead atoms. The molecule has 0 saturated heterocycles. The quantitative estimate of drug-likeness (QED) is 0.0104. The van der Waals surface area contributed by atoms with Crippen molar-refractivity contribution in [1.82, 2.24) is 26.6 Å². The SMILES string of the molecule is C[C@H](NC(=O)[C@H](CCCCN)NC(=O)[C@H](C)NC(=O)[C@@H](N)CCCN=C(N)N)C(=O)N[C@@H](CCCNC(N)=NN=[N+]=[N-])C(=O)O. The van der Waals surface area contributed by atoms with E-state index in [2.05, 4.69) is 46.8 Å². The lowest BCUT2D eigenvalue weighted by Crippen LogP contribution is -2.57. The lowest BCUT2D eigenvalue weighted by atomic mass is 10.1. The summed E-state index contributed by atoms with van der Waals surface area (Å²) >= 11 is 0. The summed E-state index contributed by atoms with van der Waals surface area (Å²) < 4.78 is 0. The van der Waals surface area contributed by atoms with Gasteiger partial charge in [0.1, 0.15) is 24.2 Å². The van der Waals surface area contributed by atoms with Gasteiger partial charge in [0.25, 0.3) is 0 Å². The minimum absolute atomic E-state index is 0.00480. The molecule has 0 rings (SSSR count). The molecule has 0 spiro atoms. The van der Waals surface area contributed by atoms with Gasteiger partial charge in [0.15, 0.2) is 5.96 Å². The van der Waals surface area contributed by atoms with Gasteiger partial charge in [-0.15, -0.1) is 5.53 Å². The number of nitrogens with two attached hydrogens (primary N) is 5. The number of carboxylic acids is 1. The molecule has 0 aliphatic carbocycles. The van der Waals surface area contributed by atoms with Crippen molar-refractivity contribution in [2.75, 3.05) is 19.6 Å². The molecule has 4 amide bonds. The molecule has 5 atom stereocenters. The first kappa shape index (κ1) is 40.1. The summed E-state index contributed by atoms with van der Waals surface area (Å²) in [6.45, 7) is 3.60. The van der Waals surface area contributed by atoms with E-state index in [9.17, 15) is 29.1 Å². The number of aliphatic imine (C=N–C) groups is 1. The first-order valence-corrected chi connectivity index (χ1v) is 14.3. The zero-order valence-corrected chi connectivity index (χ0v) is 25.6. The number of hydrogen-bond acceptors (Lipinski definition) is 9. The van der Waals surface area contributed by atoms with E-state index in [0.717, 1.165) is 0 Å². The Balaban J connectivity index is 5.12. The van der Waals surface area contributed by atoms with Crippen LogP contribution in [0.3, 0.4) is 0 Å². The maximum Gasteiger partial charge on any atom is 0.326 e. The third-order valence-electron chi connectivity index (χ3n) is 6.17. The molecule has 0 fully saturated rings. The van der Waals surface area contributed by atoms with Crippen molar-refractivity contribution in [3.05, 3.63) is 10.4 Å². The van der Waals surface area contributed by atoms with Crippen LogP contribution in [0.1, 0.15) is 58.8 Å². The van der Waals surface area contributed by atoms with Gasteiger partial charge >= 0.3 is 11.9 Å². The number of nitrogens with zero attached hydrogens (tertiary/aromatic N) is 5. The third-order valence-corrected chi connectivity index (χ3v) is 6.17. The van der Waals surface area contributed by atoms with E-state index >= 15 is 0 Å². The third kappa shape index (κ3) is 18.4. The number of aliphatic carboxylic acids is 1. The Morgan fingerprint density at radius 1 is 0.800 bits per heavy atom. The lowest BCUT2D eigenvalue weighted by Gasteiger charge is -2.24. The largest absolute Gasteiger partial charge is 0.480 e. The number of hydrogen-bond donors (Lipinski definition) is 11. The number of nitrogens with one attached hydrogen (secondary N) is 5. The maximum absolute atomic E-state index is 13.1. The topological polar surface area (TPSA) is 369 Å². The number of unbranched alkanes of at least 4 members (excludes halogenated alkanes) is 1. The number of guanidine groups is 2. The first-order valence-electron chi connectivity index (χ1n) is 14.3. The molecule has 16 N–H and O–H groups in total. The fourth-order valence-electron chi connectivity index (χ4n) is 3.65. The second kappa shape index (κ2) is 22.6. The monoisotopic (exact) mass is 641 g/mol. The van der Waals surface area contributed by atoms with Crippen LogP contribution in [0.2, 0.25) is 0 Å². The average molecular weight is 642 g/mol. The summed E-state index contributed by atoms with van der Waals surface area (Å²) in [5.74, 6) is -4.24. The Hall–Kier alpha value is -4.88. The molecule has 0 aromatic rings. The molecule has 45 heavy (non-hydrogen) atoms. The number of azide groups is 1. The standard InChI is InChI=1S/C24H47N15O6/c1-13(33-20(42)15(26)7-5-11-31-23(27)28)18(40)35-16(8-3-4-10-25)21(43)34-14(2)19(41)36-17(22(44)45)9-6-12-32-24(29)37-39-38-30/h13-17H,3-12,25-26H2,1-2H3,(H,33,42)(H,34,43)(H,35,40)(H,36,41)(H,44,45)(H4,27,28,31)(H3,29,32,37)/t13-,14-,15-,16-,17-/m0/s1. The summed E-state index contributed by atoms with van der Waals surface area (Å²) in [6.07, 6.45) is 2.19. The van der Waals surface area contributed by atoms with Gasteiger partial charge in [0.2, 0.25) is 23.6 Å². The molecule has 21 heteroatoms. The predicted molar refractivity (Wildman–Crippen MR) is 166 cm³/mol. The van der Waals surface area contributed by atoms with Crippen LogP contribution < -0.4 is 55.3 Å². The molecule has 254 valence electrons. The Bertz CT molecular complexity index is 1090. The second-order valence-electron chi connectivity index (χ2n) is 9.99. The highest BCUT2D eigenvalue weighted by Crippen LogP contribution is 2.04. The van der Waals surface area contributed by atoms with E-state index in [-0.39, 0.29) is 50.7 Å². The highest BCUT2D eigenvalue weighted by molar-refractivity contribution is 5.95. The molecular formula is C24H47N15O6. The summed E-state index contributed by atoms with van der Waals surface area (Å²) in [6, 6.07) is -5.48. The number of carbonyl (C=O) groups is 5. The van der Waals surface area contributed by atoms with E-state index in [0.29, 0.717) is 25.8 Å². The van der Waals surface area contributed by atoms with Gasteiger partial charge in [-0.25, -0.2) is 4.79 Å². The maximum atomic E-state index is 13.1. The summed E-state index contributed by atoms with van der Waals surface area (Å²) in [5, 5.41) is 28.2. The molecule has 0 aromatic heterocycles. The van der Waals surface area contributed by atoms with E-state index in [1.807, 2.05) is 0 Å². The zero-order valence-electron chi connectivity index (χ0n) is 25.6. The van der Waals surface area contributed by atoms with Crippen LogP contribution in [-0.4, -0.2) is 96.5 Å². The van der Waals surface area contributed by atoms with Crippen LogP contribution in [0.25, 0.3) is 10.4 Å². The minimum Gasteiger partial charge on any atom is -0.480 e. The van der Waals surface area contributed by atoms with Gasteiger partial charge in [-0.1, -0.05) is 0 Å². The Kier molecular flexibility index (Phi) is 20.2. The predicted octanol–water partition coefficient (Wildman–Crippen LogP) is -3.53. The van der Waals surface area contributed by atoms with E-state index < -0.39 is 59.8 Å². The average Bonchev–Trinajstić information content (AvgIpc) is 2.98. The van der Waals surface area contributed by atoms with Crippen molar-refractivity contribution in [1.29, 1.82) is 0 Å². The molecule has 21 nitrogen and oxygen atoms in total. The summed E-state index contributed by atoms with van der Waals surface area (Å²) in [7, 11) is 0. The normalized spacial score (nSPS) is 14.3. The molecular weight excluding hydrogens is 594 g/mol. The van der Waals surface area contributed by atoms with Gasteiger partial charge in [0, 0.05) is 23.4 Å². The molecule has 0 radical (unpaired) electrons. The molecule has 0 aliphatic rings. The fourth-order valence-corrected chi connectivity index (χ4v) is 3.65. The molecule has 0 unspecified atom stereocenters. The van der Waals surface area contributed by atoms with Crippen molar-refractivity contribution in [3.63, 3.8) is 0 Å². The van der Waals surface area contributed by atoms with E-state index in [4.69, 9.17) is 34.2 Å². The highest BCUT2D eigenvalue weighted by Gasteiger charge is 2.29. The van der Waals surface area contributed by atoms with Crippen LogP contribution in [0.5, 0.6) is 0 Å². The van der Waals surface area contributed by atoms with Crippen LogP contribution in [0.4, 0.5) is 0 Å². The van der Waals surface area contributed by atoms with Gasteiger partial charge in [-0.2, -0.15) is 4.91 Å². The van der Waals surface area contributed by atoms with Crippen molar-refractivity contribution in [3.8, 4) is 0 Å². The van der Waals surface area contributed by atoms with Crippen molar-refractivity contribution in [2.24, 2.45) is 44.0 Å². The molecule has 0 aromatic carbocycles. The Morgan fingerprint density at radius 2 is 1.38 bits per heavy atom. The minimum atomic E-state index is -1.30. The molecule has 0 aliphatic heterocycles. The van der Waals surface area contributed by atoms with Crippen molar-refractivity contribution >= 4 is 41.5 Å². The summed E-state index contributed by atoms with van der Waals surface area (Å²) in [4.78, 5) is 68.9. The second-order valence-corrected chi connectivity index (χ2v) is 9.99. The van der Waals surface area contributed by atoms with E-state index in [1.165, 1.54) is 13.8 Å². The zero-order chi connectivity index (χ0) is 34.4. The Labute approximate surface area is 260 Å². The number of rotatable bonds is 22. The molecule has 0 heterocycles. The van der Waals surface area contributed by atoms with E-state index in [1.54, 1.807) is 0 Å². The number of carbonyl (C=O) groups excluding carboxylic acids is 4. The lowest BCUT2D eigenvalue weighted by molar-refractivity contribution is -0.142. The van der Waals surface area contributed by atoms with Gasteiger partial charge in [0.05, 0.1) is 6.04 Å². The first-order chi connectivity index (χ1) is 21.2. The number of carboxylic acid groups (broad SMARTS) is 1. The molecule has 0 saturated carbocycles. The van der Waals surface area contributed by atoms with Gasteiger partial charge in [-0.3, -0.25) is 24.2 Å². The summed E-state index contributed by atoms with van der Waals surface area (Å²) in [5.41, 5.74) is 35.6. The number of amides is 4. The smallest absolute Gasteiger partial charge is 0.326 e. The van der Waals surface area contributed by atoms with Crippen LogP contribution >= 0.6 is 0 Å². The van der Waals surface area contributed by atoms with Gasteiger partial charge < -0.3 is 60.4 Å². The van der Waals surface area contributed by atoms with Crippen molar-refractivity contribution in [2.45, 2.75) is 89.0 Å². The van der Waals surface area contributed by atoms with Crippen LogP contribution in [0.15, 0.2) is 15.3 Å². The van der Waals surface area contributed by atoms with Crippen LogP contribution in [0, 0.1) is 0 Å².